The maximum absolute atomic E-state index is 14.8. The second-order valence-corrected chi connectivity index (χ2v) is 6.47. The number of nitrogens with one attached hydrogen (secondary N) is 1. The number of hydrogen-bond acceptors (Lipinski definition) is 4. The van der Waals surface area contributed by atoms with E-state index in [1.807, 2.05) is 5.32 Å². The first-order chi connectivity index (χ1) is 15.7. The summed E-state index contributed by atoms with van der Waals surface area (Å²) in [6.45, 7) is 0. The Morgan fingerprint density at radius 2 is 1.65 bits per heavy atom. The van der Waals surface area contributed by atoms with Gasteiger partial charge < -0.3 is 14.8 Å². The van der Waals surface area contributed by atoms with E-state index in [1.165, 1.54) is 12.1 Å². The number of amides is 1. The molecule has 0 saturated heterocycles. The zero-order valence-corrected chi connectivity index (χ0v) is 16.3. The van der Waals surface area contributed by atoms with Crippen molar-refractivity contribution in [1.82, 2.24) is 0 Å². The molecule has 0 aliphatic carbocycles. The number of halogens is 8. The summed E-state index contributed by atoms with van der Waals surface area (Å²) in [5.74, 6) is -7.63. The predicted octanol–water partition coefficient (Wildman–Crippen LogP) is 5.45. The molecule has 34 heavy (non-hydrogen) atoms. The van der Waals surface area contributed by atoms with Crippen molar-refractivity contribution >= 4 is 11.6 Å². The van der Waals surface area contributed by atoms with E-state index in [9.17, 15) is 45.1 Å². The second-order valence-electron chi connectivity index (χ2n) is 6.47. The topological polar surface area (TPSA) is 71.7 Å². The molecule has 180 valence electrons. The van der Waals surface area contributed by atoms with Crippen molar-refractivity contribution in [2.75, 3.05) is 5.32 Å². The van der Waals surface area contributed by atoms with Crippen molar-refractivity contribution in [2.45, 2.75) is 12.5 Å². The van der Waals surface area contributed by atoms with Gasteiger partial charge in [0, 0.05) is 16.9 Å². The van der Waals surface area contributed by atoms with E-state index in [2.05, 4.69) is 4.74 Å². The normalized spacial score (nSPS) is 11.8. The summed E-state index contributed by atoms with van der Waals surface area (Å²) in [6.07, 6.45) is -8.26. The van der Waals surface area contributed by atoms with Crippen LogP contribution in [0.5, 0.6) is 17.2 Å². The summed E-state index contributed by atoms with van der Waals surface area (Å²) in [5, 5.41) is 11.4. The van der Waals surface area contributed by atoms with E-state index in [4.69, 9.17) is 4.74 Å². The molecule has 2 aromatic carbocycles. The van der Waals surface area contributed by atoms with Crippen molar-refractivity contribution in [3.63, 3.8) is 0 Å². The number of alkyl halides is 6. The Morgan fingerprint density at radius 3 is 2.24 bits per heavy atom. The Hall–Kier alpha value is -4.10. The highest BCUT2D eigenvalue weighted by Crippen LogP contribution is 2.38. The van der Waals surface area contributed by atoms with Gasteiger partial charge in [0.2, 0.25) is 12.4 Å². The number of rotatable bonds is 5. The van der Waals surface area contributed by atoms with Crippen LogP contribution >= 0.6 is 0 Å². The Morgan fingerprint density at radius 1 is 0.971 bits per heavy atom. The maximum Gasteiger partial charge on any atom is 0.573 e. The monoisotopic (exact) mass is 495 g/mol. The molecule has 3 rings (SSSR count). The van der Waals surface area contributed by atoms with Crippen LogP contribution in [0.15, 0.2) is 54.9 Å². The molecule has 0 fully saturated rings. The zero-order valence-electron chi connectivity index (χ0n) is 16.3. The van der Waals surface area contributed by atoms with Crippen LogP contribution in [0.2, 0.25) is 0 Å². The Bertz CT molecular complexity index is 1230. The molecule has 0 bridgehead atoms. The van der Waals surface area contributed by atoms with E-state index in [0.717, 1.165) is 12.4 Å². The molecule has 14 heteroatoms. The number of pyridine rings is 1. The minimum absolute atomic E-state index is 0.155. The number of carbonyl (C=O) groups is 1. The first-order valence-electron chi connectivity index (χ1n) is 8.89. The molecule has 0 unspecified atom stereocenters. The summed E-state index contributed by atoms with van der Waals surface area (Å²) >= 11 is 0. The first kappa shape index (κ1) is 24.5. The highest BCUT2D eigenvalue weighted by Gasteiger charge is 2.38. The summed E-state index contributed by atoms with van der Waals surface area (Å²) < 4.78 is 114. The molecule has 6 nitrogen and oxygen atoms in total. The van der Waals surface area contributed by atoms with Gasteiger partial charge in [0.05, 0.1) is 5.56 Å². The number of aromatic nitrogens is 1. The van der Waals surface area contributed by atoms with Crippen LogP contribution in [0, 0.1) is 11.6 Å². The van der Waals surface area contributed by atoms with E-state index in [-0.39, 0.29) is 17.8 Å². The Balaban J connectivity index is 2.02. The van der Waals surface area contributed by atoms with Gasteiger partial charge in [-0.2, -0.15) is 13.2 Å². The molecule has 1 heterocycles. The minimum Gasteiger partial charge on any atom is -0.453 e. The number of nitrogens with zero attached hydrogens (tertiary/aromatic N) is 1. The van der Waals surface area contributed by atoms with Crippen molar-refractivity contribution in [3.05, 3.63) is 77.6 Å². The predicted molar refractivity (Wildman–Crippen MR) is 96.3 cm³/mol. The third kappa shape index (κ3) is 5.82. The fraction of sp³-hybridized carbons (Fsp3) is 0.100. The second kappa shape index (κ2) is 9.03. The molecule has 3 aromatic rings. The summed E-state index contributed by atoms with van der Waals surface area (Å²) in [7, 11) is 0. The lowest BCUT2D eigenvalue weighted by molar-refractivity contribution is -0.904. The van der Waals surface area contributed by atoms with Gasteiger partial charge in [-0.1, -0.05) is 0 Å². The molecule has 0 aliphatic rings. The molecule has 1 amide bonds. The van der Waals surface area contributed by atoms with Crippen LogP contribution < -0.4 is 19.5 Å². The van der Waals surface area contributed by atoms with Gasteiger partial charge in [-0.15, -0.1) is 13.2 Å². The smallest absolute Gasteiger partial charge is 0.453 e. The average Bonchev–Trinajstić information content (AvgIpc) is 2.68. The van der Waals surface area contributed by atoms with E-state index >= 15 is 0 Å². The van der Waals surface area contributed by atoms with Crippen LogP contribution in [0.25, 0.3) is 0 Å². The lowest BCUT2D eigenvalue weighted by Crippen LogP contribution is -2.29. The lowest BCUT2D eigenvalue weighted by Gasteiger charge is -2.16. The lowest BCUT2D eigenvalue weighted by atomic mass is 10.1. The molecular weight excluding hydrogens is 484 g/mol. The van der Waals surface area contributed by atoms with Gasteiger partial charge in [-0.05, 0) is 30.3 Å². The fourth-order valence-corrected chi connectivity index (χ4v) is 2.68. The van der Waals surface area contributed by atoms with Crippen LogP contribution in [0.4, 0.5) is 40.8 Å². The van der Waals surface area contributed by atoms with Crippen LogP contribution in [-0.2, 0) is 6.18 Å². The van der Waals surface area contributed by atoms with Crippen molar-refractivity contribution in [2.24, 2.45) is 0 Å². The van der Waals surface area contributed by atoms with Crippen LogP contribution in [0.3, 0.4) is 0 Å². The van der Waals surface area contributed by atoms with Gasteiger partial charge in [-0.25, -0.2) is 8.78 Å². The van der Waals surface area contributed by atoms with Crippen molar-refractivity contribution in [1.29, 1.82) is 0 Å². The van der Waals surface area contributed by atoms with E-state index in [0.29, 0.717) is 22.9 Å². The Labute approximate surface area is 184 Å². The first-order valence-corrected chi connectivity index (χ1v) is 8.89. The zero-order chi connectivity index (χ0) is 25.3. The van der Waals surface area contributed by atoms with E-state index in [1.54, 1.807) is 0 Å². The molecule has 0 atom stereocenters. The standard InChI is InChI=1S/C20H10F8N2O4/c21-13-8-11(34-20(26,27)28)3-5-14(13)33-15-6-4-12(19(23,24)25)17(22)16(15)18(31)29-10-2-1-7-30(32)9-10/h1-9H,(H-,29,31,32)/p+1. The largest absolute Gasteiger partial charge is 0.573 e. The third-order valence-electron chi connectivity index (χ3n) is 4.04. The van der Waals surface area contributed by atoms with Crippen LogP contribution in [-0.4, -0.2) is 17.5 Å². The highest BCUT2D eigenvalue weighted by molar-refractivity contribution is 6.06. The fourth-order valence-electron chi connectivity index (χ4n) is 2.68. The molecule has 0 radical (unpaired) electrons. The quantitative estimate of drug-likeness (QED) is 0.281. The molecule has 1 aromatic heterocycles. The number of benzene rings is 2. The van der Waals surface area contributed by atoms with Gasteiger partial charge in [-0.3, -0.25) is 10.0 Å². The number of anilines is 1. The number of carbonyl (C=O) groups excluding carboxylic acids is 1. The van der Waals surface area contributed by atoms with Gasteiger partial charge in [0.25, 0.3) is 5.91 Å². The number of hydrogen-bond donors (Lipinski definition) is 2. The molecule has 0 saturated carbocycles. The van der Waals surface area contributed by atoms with E-state index < -0.39 is 58.5 Å². The minimum atomic E-state index is -5.21. The summed E-state index contributed by atoms with van der Waals surface area (Å²) in [5.41, 5.74) is -3.26. The van der Waals surface area contributed by atoms with Gasteiger partial charge in [0.1, 0.15) is 22.7 Å². The third-order valence-corrected chi connectivity index (χ3v) is 4.04. The SMILES string of the molecule is O=C(Nc1ccc[n+](O)c1)c1c(Oc2ccc(OC(F)(F)F)cc2F)ccc(C(F)(F)F)c1F. The van der Waals surface area contributed by atoms with Gasteiger partial charge >= 0.3 is 12.5 Å². The average molecular weight is 495 g/mol. The van der Waals surface area contributed by atoms with Crippen LogP contribution in [0.1, 0.15) is 15.9 Å². The number of ether oxygens (including phenoxy) is 2. The highest BCUT2D eigenvalue weighted by atomic mass is 19.4. The van der Waals surface area contributed by atoms with Crippen molar-refractivity contribution < 1.29 is 59.3 Å². The van der Waals surface area contributed by atoms with Gasteiger partial charge in [0.15, 0.2) is 17.4 Å². The molecule has 0 aliphatic heterocycles. The summed E-state index contributed by atoms with van der Waals surface area (Å²) in [4.78, 5) is 12.6. The summed E-state index contributed by atoms with van der Waals surface area (Å²) in [6, 6.07) is 4.79. The maximum atomic E-state index is 14.8. The molecule has 0 spiro atoms. The molecule has 2 N–H and O–H groups in total. The Kier molecular flexibility index (Phi) is 6.52. The van der Waals surface area contributed by atoms with Crippen molar-refractivity contribution in [3.8, 4) is 17.2 Å². The molecular formula is C20H11F8N2O4+.